The van der Waals surface area contributed by atoms with Crippen LogP contribution < -0.4 is 16.0 Å². The lowest BCUT2D eigenvalue weighted by molar-refractivity contribution is -0.0310. The number of hydrogen-bond acceptors (Lipinski definition) is 8. The fraction of sp³-hybridized carbons (Fsp3) is 0.462. The number of nitrogens with two attached hydrogens (primary N) is 1. The average molecular weight is 466 g/mol. The molecule has 3 heterocycles. The van der Waals surface area contributed by atoms with Crippen LogP contribution in [-0.4, -0.2) is 41.2 Å². The molecular weight excluding hydrogens is 430 g/mol. The quantitative estimate of drug-likeness (QED) is 0.592. The molecule has 2 unspecified atom stereocenters. The zero-order valence-corrected chi connectivity index (χ0v) is 20.6. The highest BCUT2D eigenvalue weighted by atomic mass is 16.7. The second-order valence-corrected chi connectivity index (χ2v) is 10.1. The Kier molecular flexibility index (Phi) is 7.09. The van der Waals surface area contributed by atoms with E-state index in [0.29, 0.717) is 37.5 Å². The van der Waals surface area contributed by atoms with E-state index >= 15 is 0 Å². The van der Waals surface area contributed by atoms with E-state index in [9.17, 15) is 0 Å². The van der Waals surface area contributed by atoms with Gasteiger partial charge in [-0.3, -0.25) is 10.3 Å². The summed E-state index contributed by atoms with van der Waals surface area (Å²) in [7, 11) is 0. The monoisotopic (exact) mass is 465 g/mol. The Morgan fingerprint density at radius 1 is 1.24 bits per heavy atom. The number of benzene rings is 1. The molecule has 2 atom stereocenters. The summed E-state index contributed by atoms with van der Waals surface area (Å²) in [6.45, 7) is 12.4. The molecule has 182 valence electrons. The molecule has 0 saturated heterocycles. The van der Waals surface area contributed by atoms with Crippen LogP contribution in [0.3, 0.4) is 0 Å². The number of nitrogens with one attached hydrogen (secondary N) is 1. The van der Waals surface area contributed by atoms with Crippen molar-refractivity contribution in [3.8, 4) is 11.6 Å². The van der Waals surface area contributed by atoms with E-state index < -0.39 is 0 Å². The van der Waals surface area contributed by atoms with E-state index in [1.54, 1.807) is 6.20 Å². The molecule has 8 nitrogen and oxygen atoms in total. The zero-order chi connectivity index (χ0) is 24.3. The van der Waals surface area contributed by atoms with Gasteiger partial charge in [-0.2, -0.15) is 0 Å². The Balaban J connectivity index is 1.41. The summed E-state index contributed by atoms with van der Waals surface area (Å²) >= 11 is 0. The number of hydrogen-bond donors (Lipinski definition) is 2. The minimum atomic E-state index is -0.112. The van der Waals surface area contributed by atoms with Crippen molar-refractivity contribution in [1.82, 2.24) is 15.4 Å². The first kappa shape index (κ1) is 24.0. The molecule has 0 fully saturated rings. The summed E-state index contributed by atoms with van der Waals surface area (Å²) in [5.41, 5.74) is 12.3. The Morgan fingerprint density at radius 2 is 2.00 bits per heavy atom. The number of ether oxygens (including phenoxy) is 2. The van der Waals surface area contributed by atoms with Gasteiger partial charge in [0.2, 0.25) is 5.88 Å². The van der Waals surface area contributed by atoms with E-state index in [2.05, 4.69) is 61.1 Å². The molecular formula is C26H35N5O3. The highest BCUT2D eigenvalue weighted by Crippen LogP contribution is 2.31. The normalized spacial score (nSPS) is 18.8. The van der Waals surface area contributed by atoms with Crippen molar-refractivity contribution in [2.24, 2.45) is 22.1 Å². The summed E-state index contributed by atoms with van der Waals surface area (Å²) in [5.74, 6) is 2.05. The Bertz CT molecular complexity index is 1050. The molecule has 0 spiro atoms. The standard InChI is InChI=1S/C26H35N5O3/c1-17(2)22(16-32-15-20-12-23(30-34-20)26(3,4)5)31-14-18-11-24(28-13-21(18)29-25(31)27)33-19-9-7-6-8-10-19/h6-13,17,20,22,30H,14-16H2,1-5H3,(H2,27,29). The van der Waals surface area contributed by atoms with Crippen molar-refractivity contribution in [3.05, 3.63) is 59.9 Å². The van der Waals surface area contributed by atoms with Crippen LogP contribution >= 0.6 is 0 Å². The Morgan fingerprint density at radius 3 is 2.68 bits per heavy atom. The lowest BCUT2D eigenvalue weighted by atomic mass is 9.92. The maximum atomic E-state index is 6.37. The third-order valence-electron chi connectivity index (χ3n) is 6.00. The minimum Gasteiger partial charge on any atom is -0.439 e. The fourth-order valence-electron chi connectivity index (χ4n) is 3.93. The number of nitrogens with zero attached hydrogens (tertiary/aromatic N) is 3. The first-order valence-corrected chi connectivity index (χ1v) is 11.7. The van der Waals surface area contributed by atoms with Crippen molar-refractivity contribution in [2.45, 2.75) is 53.3 Å². The summed E-state index contributed by atoms with van der Waals surface area (Å²) in [4.78, 5) is 16.8. The number of aliphatic imine (C=N–C) groups is 1. The molecule has 8 heteroatoms. The van der Waals surface area contributed by atoms with E-state index in [0.717, 1.165) is 22.7 Å². The molecule has 0 amide bonds. The number of guanidine groups is 1. The predicted octanol–water partition coefficient (Wildman–Crippen LogP) is 4.51. The van der Waals surface area contributed by atoms with Crippen molar-refractivity contribution in [2.75, 3.05) is 13.2 Å². The molecule has 2 aromatic rings. The molecule has 0 bridgehead atoms. The SMILES string of the molecule is CC(C)C(COCC1C=C(C(C)(C)C)NO1)N1Cc2cc(Oc3ccccc3)ncc2N=C1N. The zero-order valence-electron chi connectivity index (χ0n) is 20.6. The molecule has 2 aliphatic rings. The van der Waals surface area contributed by atoms with E-state index in [4.69, 9.17) is 20.0 Å². The topological polar surface area (TPSA) is 94.2 Å². The predicted molar refractivity (Wildman–Crippen MR) is 133 cm³/mol. The van der Waals surface area contributed by atoms with Gasteiger partial charge in [0.1, 0.15) is 11.9 Å². The summed E-state index contributed by atoms with van der Waals surface area (Å²) < 4.78 is 12.0. The number of fused-ring (bicyclic) bond motifs is 1. The van der Waals surface area contributed by atoms with Crippen LogP contribution in [0.25, 0.3) is 0 Å². The van der Waals surface area contributed by atoms with Gasteiger partial charge < -0.3 is 20.1 Å². The molecule has 1 aromatic heterocycles. The summed E-state index contributed by atoms with van der Waals surface area (Å²) in [5, 5.41) is 0. The molecule has 4 rings (SSSR count). The smallest absolute Gasteiger partial charge is 0.219 e. The third kappa shape index (κ3) is 5.69. The van der Waals surface area contributed by atoms with Crippen LogP contribution in [0.1, 0.15) is 40.2 Å². The van der Waals surface area contributed by atoms with Crippen LogP contribution in [0.15, 0.2) is 59.4 Å². The van der Waals surface area contributed by atoms with E-state index in [-0.39, 0.29) is 17.6 Å². The first-order chi connectivity index (χ1) is 16.2. The molecule has 0 aliphatic carbocycles. The van der Waals surface area contributed by atoms with Crippen LogP contribution in [0.2, 0.25) is 0 Å². The highest BCUT2D eigenvalue weighted by molar-refractivity contribution is 5.83. The molecule has 1 aromatic carbocycles. The second-order valence-electron chi connectivity index (χ2n) is 10.1. The number of aromatic nitrogens is 1. The van der Waals surface area contributed by atoms with Gasteiger partial charge in [0.25, 0.3) is 0 Å². The Labute approximate surface area is 201 Å². The molecule has 2 aliphatic heterocycles. The third-order valence-corrected chi connectivity index (χ3v) is 6.00. The van der Waals surface area contributed by atoms with E-state index in [1.807, 2.05) is 36.4 Å². The van der Waals surface area contributed by atoms with Crippen molar-refractivity contribution < 1.29 is 14.3 Å². The van der Waals surface area contributed by atoms with Gasteiger partial charge in [-0.25, -0.2) is 9.98 Å². The summed E-state index contributed by atoms with van der Waals surface area (Å²) in [6, 6.07) is 11.6. The summed E-state index contributed by atoms with van der Waals surface area (Å²) in [6.07, 6.45) is 3.69. The van der Waals surface area contributed by atoms with Crippen LogP contribution in [0.5, 0.6) is 11.6 Å². The highest BCUT2D eigenvalue weighted by Gasteiger charge is 2.30. The lowest BCUT2D eigenvalue weighted by Gasteiger charge is -2.37. The lowest BCUT2D eigenvalue weighted by Crippen LogP contribution is -2.50. The molecule has 0 radical (unpaired) electrons. The van der Waals surface area contributed by atoms with Gasteiger partial charge in [-0.05, 0) is 24.1 Å². The van der Waals surface area contributed by atoms with Crippen LogP contribution in [-0.2, 0) is 16.1 Å². The average Bonchev–Trinajstić information content (AvgIpc) is 3.27. The molecule has 0 saturated carbocycles. The maximum absolute atomic E-state index is 6.37. The van der Waals surface area contributed by atoms with Gasteiger partial charge in [0, 0.05) is 29.3 Å². The number of para-hydroxylation sites is 1. The van der Waals surface area contributed by atoms with Gasteiger partial charge in [-0.1, -0.05) is 52.8 Å². The number of hydroxylamine groups is 1. The second kappa shape index (κ2) is 10.0. The fourth-order valence-corrected chi connectivity index (χ4v) is 3.93. The maximum Gasteiger partial charge on any atom is 0.219 e. The van der Waals surface area contributed by atoms with Crippen molar-refractivity contribution in [3.63, 3.8) is 0 Å². The van der Waals surface area contributed by atoms with Crippen molar-refractivity contribution >= 4 is 11.6 Å². The van der Waals surface area contributed by atoms with E-state index in [1.165, 1.54) is 0 Å². The van der Waals surface area contributed by atoms with Gasteiger partial charge in [0.05, 0.1) is 31.1 Å². The van der Waals surface area contributed by atoms with Gasteiger partial charge >= 0.3 is 0 Å². The number of pyridine rings is 1. The van der Waals surface area contributed by atoms with Crippen LogP contribution in [0, 0.1) is 11.3 Å². The number of allylic oxidation sites excluding steroid dienone is 1. The minimum absolute atomic E-state index is 0.0132. The van der Waals surface area contributed by atoms with Crippen molar-refractivity contribution in [1.29, 1.82) is 0 Å². The van der Waals surface area contributed by atoms with Gasteiger partial charge in [-0.15, -0.1) is 0 Å². The number of rotatable bonds is 8. The van der Waals surface area contributed by atoms with Crippen LogP contribution in [0.4, 0.5) is 5.69 Å². The van der Waals surface area contributed by atoms with Gasteiger partial charge in [0.15, 0.2) is 5.96 Å². The molecule has 3 N–H and O–H groups in total. The largest absolute Gasteiger partial charge is 0.439 e. The Hall–Kier alpha value is -3.10. The first-order valence-electron chi connectivity index (χ1n) is 11.7. The molecule has 34 heavy (non-hydrogen) atoms.